The van der Waals surface area contributed by atoms with Crippen molar-refractivity contribution in [1.82, 2.24) is 4.98 Å². The van der Waals surface area contributed by atoms with Crippen LogP contribution < -0.4 is 0 Å². The molecule has 82 valence electrons. The largest absolute Gasteiger partial charge is 0.463 e. The van der Waals surface area contributed by atoms with E-state index in [0.717, 1.165) is 12.8 Å². The lowest BCUT2D eigenvalue weighted by molar-refractivity contribution is -0.137. The summed E-state index contributed by atoms with van der Waals surface area (Å²) in [6, 6.07) is 5.72. The summed E-state index contributed by atoms with van der Waals surface area (Å²) in [6.07, 6.45) is 6.65. The average Bonchev–Trinajstić information content (AvgIpc) is 2.32. The molecule has 0 spiro atoms. The third-order valence-corrected chi connectivity index (χ3v) is 1.48. The van der Waals surface area contributed by atoms with Crippen LogP contribution in [0.1, 0.15) is 19.8 Å². The fourth-order valence-corrected chi connectivity index (χ4v) is 0.689. The molecule has 0 aliphatic heterocycles. The molecule has 15 heavy (non-hydrogen) atoms. The molecule has 0 bridgehead atoms. The second kappa shape index (κ2) is 10.4. The fraction of sp³-hybridized carbons (Fsp3) is 0.333. The maximum atomic E-state index is 10.3. The minimum atomic E-state index is -0.330. The predicted octanol–water partition coefficient (Wildman–Crippen LogP) is 2.60. The van der Waals surface area contributed by atoms with Gasteiger partial charge >= 0.3 is 5.97 Å². The Balaban J connectivity index is 0.000000280. The Hall–Kier alpha value is -1.64. The lowest BCUT2D eigenvalue weighted by Gasteiger charge is -1.97. The number of hydrogen-bond donors (Lipinski definition) is 0. The number of carbonyl (C=O) groups excluding carboxylic acids is 1. The highest BCUT2D eigenvalue weighted by Gasteiger charge is 1.91. The highest BCUT2D eigenvalue weighted by atomic mass is 16.5. The topological polar surface area (TPSA) is 39.2 Å². The van der Waals surface area contributed by atoms with Crippen LogP contribution in [0.2, 0.25) is 0 Å². The number of aromatic nitrogens is 1. The van der Waals surface area contributed by atoms with Gasteiger partial charge in [-0.2, -0.15) is 0 Å². The van der Waals surface area contributed by atoms with E-state index in [-0.39, 0.29) is 5.97 Å². The van der Waals surface area contributed by atoms with Gasteiger partial charge in [-0.05, 0) is 18.6 Å². The first-order valence-electron chi connectivity index (χ1n) is 4.95. The van der Waals surface area contributed by atoms with E-state index in [1.807, 2.05) is 25.1 Å². The number of carbonyl (C=O) groups is 1. The lowest BCUT2D eigenvalue weighted by Crippen LogP contribution is -2.00. The number of rotatable bonds is 4. The number of ether oxygens (including phenoxy) is 1. The molecule has 3 nitrogen and oxygen atoms in total. The Morgan fingerprint density at radius 3 is 2.40 bits per heavy atom. The zero-order valence-corrected chi connectivity index (χ0v) is 9.06. The monoisotopic (exact) mass is 207 g/mol. The quantitative estimate of drug-likeness (QED) is 0.433. The van der Waals surface area contributed by atoms with Gasteiger partial charge in [-0.15, -0.1) is 0 Å². The molecule has 1 heterocycles. The van der Waals surface area contributed by atoms with Gasteiger partial charge in [0.1, 0.15) is 0 Å². The molecule has 3 heteroatoms. The molecule has 0 saturated heterocycles. The highest BCUT2D eigenvalue weighted by molar-refractivity contribution is 5.81. The van der Waals surface area contributed by atoms with Crippen LogP contribution in [0.15, 0.2) is 43.2 Å². The number of hydrogen-bond acceptors (Lipinski definition) is 3. The van der Waals surface area contributed by atoms with E-state index < -0.39 is 0 Å². The molecular weight excluding hydrogens is 190 g/mol. The van der Waals surface area contributed by atoms with E-state index >= 15 is 0 Å². The maximum absolute atomic E-state index is 10.3. The van der Waals surface area contributed by atoms with Crippen LogP contribution in [0.25, 0.3) is 0 Å². The smallest absolute Gasteiger partial charge is 0.330 e. The Kier molecular flexibility index (Phi) is 9.30. The van der Waals surface area contributed by atoms with Crippen LogP contribution in [0.4, 0.5) is 0 Å². The standard InChI is InChI=1S/C7H12O2.C5H5N/c1-3-5-6-9-7(8)4-2;1-2-4-6-5-3-1/h4H,2-3,5-6H2,1H3;1-5H. The molecule has 1 aromatic rings. The van der Waals surface area contributed by atoms with E-state index in [2.05, 4.69) is 16.3 Å². The lowest BCUT2D eigenvalue weighted by atomic mass is 10.4. The molecule has 1 aromatic heterocycles. The van der Waals surface area contributed by atoms with Crippen LogP contribution in [0.5, 0.6) is 0 Å². The second-order valence-electron chi connectivity index (χ2n) is 2.75. The molecule has 0 aromatic carbocycles. The van der Waals surface area contributed by atoms with Crippen molar-refractivity contribution in [2.75, 3.05) is 6.61 Å². The summed E-state index contributed by atoms with van der Waals surface area (Å²) in [5, 5.41) is 0. The molecule has 1 rings (SSSR count). The maximum Gasteiger partial charge on any atom is 0.330 e. The first kappa shape index (κ1) is 13.4. The van der Waals surface area contributed by atoms with E-state index in [0.29, 0.717) is 6.61 Å². The molecule has 0 radical (unpaired) electrons. The summed E-state index contributed by atoms with van der Waals surface area (Å²) < 4.78 is 4.67. The Morgan fingerprint density at radius 2 is 2.07 bits per heavy atom. The summed E-state index contributed by atoms with van der Waals surface area (Å²) >= 11 is 0. The van der Waals surface area contributed by atoms with Crippen molar-refractivity contribution in [3.63, 3.8) is 0 Å². The van der Waals surface area contributed by atoms with E-state index in [4.69, 9.17) is 0 Å². The van der Waals surface area contributed by atoms with Crippen molar-refractivity contribution < 1.29 is 9.53 Å². The van der Waals surface area contributed by atoms with Crippen LogP contribution in [-0.4, -0.2) is 17.6 Å². The number of unbranched alkanes of at least 4 members (excludes halogenated alkanes) is 1. The molecule has 0 aliphatic carbocycles. The van der Waals surface area contributed by atoms with Gasteiger partial charge < -0.3 is 4.74 Å². The molecular formula is C12H17NO2. The van der Waals surface area contributed by atoms with Gasteiger partial charge in [0.25, 0.3) is 0 Å². The molecule has 0 amide bonds. The molecule has 0 saturated carbocycles. The molecule has 0 atom stereocenters. The number of nitrogens with zero attached hydrogens (tertiary/aromatic N) is 1. The van der Waals surface area contributed by atoms with Crippen molar-refractivity contribution in [3.05, 3.63) is 43.2 Å². The Labute approximate surface area is 90.8 Å². The summed E-state index contributed by atoms with van der Waals surface area (Å²) in [4.78, 5) is 14.1. The molecule has 0 unspecified atom stereocenters. The van der Waals surface area contributed by atoms with Gasteiger partial charge in [0.05, 0.1) is 6.61 Å². The minimum absolute atomic E-state index is 0.330. The van der Waals surface area contributed by atoms with Crippen LogP contribution in [-0.2, 0) is 9.53 Å². The Bertz CT molecular complexity index is 233. The van der Waals surface area contributed by atoms with E-state index in [1.54, 1.807) is 12.4 Å². The Morgan fingerprint density at radius 1 is 1.40 bits per heavy atom. The zero-order chi connectivity index (χ0) is 11.4. The summed E-state index contributed by atoms with van der Waals surface area (Å²) in [7, 11) is 0. The zero-order valence-electron chi connectivity index (χ0n) is 9.06. The summed E-state index contributed by atoms with van der Waals surface area (Å²) in [6.45, 7) is 5.82. The van der Waals surface area contributed by atoms with Crippen LogP contribution in [0.3, 0.4) is 0 Å². The molecule has 0 N–H and O–H groups in total. The van der Waals surface area contributed by atoms with E-state index in [1.165, 1.54) is 6.08 Å². The van der Waals surface area contributed by atoms with Gasteiger partial charge in [-0.25, -0.2) is 4.79 Å². The summed E-state index contributed by atoms with van der Waals surface area (Å²) in [5.41, 5.74) is 0. The molecule has 0 aliphatic rings. The van der Waals surface area contributed by atoms with Crippen molar-refractivity contribution in [1.29, 1.82) is 0 Å². The average molecular weight is 207 g/mol. The minimum Gasteiger partial charge on any atom is -0.463 e. The number of pyridine rings is 1. The van der Waals surface area contributed by atoms with Crippen LogP contribution >= 0.6 is 0 Å². The summed E-state index contributed by atoms with van der Waals surface area (Å²) in [5.74, 6) is -0.330. The van der Waals surface area contributed by atoms with Gasteiger partial charge in [-0.1, -0.05) is 26.0 Å². The van der Waals surface area contributed by atoms with Crippen molar-refractivity contribution in [2.24, 2.45) is 0 Å². The van der Waals surface area contributed by atoms with E-state index in [9.17, 15) is 4.79 Å². The van der Waals surface area contributed by atoms with Crippen molar-refractivity contribution >= 4 is 5.97 Å². The van der Waals surface area contributed by atoms with Gasteiger partial charge in [0.15, 0.2) is 0 Å². The van der Waals surface area contributed by atoms with Crippen LogP contribution in [0, 0.1) is 0 Å². The van der Waals surface area contributed by atoms with Gasteiger partial charge in [-0.3, -0.25) is 4.98 Å². The second-order valence-corrected chi connectivity index (χ2v) is 2.75. The fourth-order valence-electron chi connectivity index (χ4n) is 0.689. The first-order chi connectivity index (χ1) is 7.31. The van der Waals surface area contributed by atoms with Gasteiger partial charge in [0.2, 0.25) is 0 Å². The normalized spacial score (nSPS) is 8.33. The third kappa shape index (κ3) is 10.3. The number of esters is 1. The third-order valence-electron chi connectivity index (χ3n) is 1.48. The van der Waals surface area contributed by atoms with Crippen molar-refractivity contribution in [2.45, 2.75) is 19.8 Å². The predicted molar refractivity (Wildman–Crippen MR) is 60.3 cm³/mol. The van der Waals surface area contributed by atoms with Crippen molar-refractivity contribution in [3.8, 4) is 0 Å². The first-order valence-corrected chi connectivity index (χ1v) is 4.95. The highest BCUT2D eigenvalue weighted by Crippen LogP contribution is 1.88. The van der Waals surface area contributed by atoms with Gasteiger partial charge in [0, 0.05) is 18.5 Å². The SMILES string of the molecule is C=CC(=O)OCCCC.c1ccncc1. The molecule has 0 fully saturated rings.